The number of hydrogen-bond donors (Lipinski definition) is 0. The lowest BCUT2D eigenvalue weighted by Crippen LogP contribution is -2.32. The van der Waals surface area contributed by atoms with Gasteiger partial charge in [0.05, 0.1) is 5.69 Å². The van der Waals surface area contributed by atoms with E-state index in [0.717, 1.165) is 11.8 Å². The summed E-state index contributed by atoms with van der Waals surface area (Å²) in [5.41, 5.74) is 15.4. The van der Waals surface area contributed by atoms with Gasteiger partial charge in [0.1, 0.15) is 0 Å². The summed E-state index contributed by atoms with van der Waals surface area (Å²) >= 11 is 0. The molecular formula is C44H37N. The van der Waals surface area contributed by atoms with Crippen LogP contribution in [0.5, 0.6) is 0 Å². The van der Waals surface area contributed by atoms with Crippen LogP contribution in [-0.2, 0) is 10.8 Å². The smallest absolute Gasteiger partial charge is 0.0543 e. The molecule has 2 fully saturated rings. The van der Waals surface area contributed by atoms with Gasteiger partial charge in [-0.2, -0.15) is 0 Å². The SMILES string of the molecule is CC1(C)c2ccccc2-c2c(N(c3ccc4c(c3)C3(CC5CCC3C5)c3ccccc3-4)c3ccc4ccccc4c3)cccc21. The number of fused-ring (bicyclic) bond motifs is 12. The summed E-state index contributed by atoms with van der Waals surface area (Å²) in [6.45, 7) is 4.76. The molecule has 0 N–H and O–H groups in total. The molecule has 0 aromatic heterocycles. The summed E-state index contributed by atoms with van der Waals surface area (Å²) in [5.74, 6) is 1.59. The Bertz CT molecular complexity index is 2190. The third kappa shape index (κ3) is 3.34. The fourth-order valence-corrected chi connectivity index (χ4v) is 10.2. The number of rotatable bonds is 3. The molecule has 10 rings (SSSR count). The van der Waals surface area contributed by atoms with Crippen LogP contribution < -0.4 is 4.90 Å². The summed E-state index contributed by atoms with van der Waals surface area (Å²) in [7, 11) is 0. The molecule has 0 heterocycles. The second kappa shape index (κ2) is 8.98. The molecule has 1 spiro atoms. The van der Waals surface area contributed by atoms with Crippen molar-refractivity contribution in [2.45, 2.75) is 50.4 Å². The van der Waals surface area contributed by atoms with E-state index in [0.29, 0.717) is 0 Å². The van der Waals surface area contributed by atoms with Crippen LogP contribution in [-0.4, -0.2) is 0 Å². The minimum Gasteiger partial charge on any atom is -0.310 e. The molecule has 218 valence electrons. The van der Waals surface area contributed by atoms with Crippen LogP contribution in [0.4, 0.5) is 17.1 Å². The average Bonchev–Trinajstić information content (AvgIpc) is 3.82. The zero-order valence-electron chi connectivity index (χ0n) is 26.1. The van der Waals surface area contributed by atoms with Gasteiger partial charge in [-0.3, -0.25) is 0 Å². The first-order valence-electron chi connectivity index (χ1n) is 16.8. The second-order valence-corrected chi connectivity index (χ2v) is 14.6. The van der Waals surface area contributed by atoms with Crippen molar-refractivity contribution in [1.29, 1.82) is 0 Å². The van der Waals surface area contributed by atoms with Crippen molar-refractivity contribution >= 4 is 27.8 Å². The third-order valence-electron chi connectivity index (χ3n) is 12.1. The molecule has 2 saturated carbocycles. The molecule has 4 aliphatic rings. The Labute approximate surface area is 266 Å². The molecule has 2 bridgehead atoms. The number of hydrogen-bond acceptors (Lipinski definition) is 1. The van der Waals surface area contributed by atoms with Crippen molar-refractivity contribution in [3.8, 4) is 22.3 Å². The average molecular weight is 580 g/mol. The van der Waals surface area contributed by atoms with Gasteiger partial charge in [-0.15, -0.1) is 0 Å². The number of nitrogens with zero attached hydrogens (tertiary/aromatic N) is 1. The largest absolute Gasteiger partial charge is 0.310 e. The Kier molecular flexibility index (Phi) is 5.12. The van der Waals surface area contributed by atoms with Crippen LogP contribution in [0.25, 0.3) is 33.0 Å². The predicted octanol–water partition coefficient (Wildman–Crippen LogP) is 11.7. The molecule has 1 heteroatoms. The highest BCUT2D eigenvalue weighted by Crippen LogP contribution is 2.66. The van der Waals surface area contributed by atoms with Crippen molar-refractivity contribution in [3.05, 3.63) is 150 Å². The van der Waals surface area contributed by atoms with Crippen LogP contribution in [0.2, 0.25) is 0 Å². The maximum absolute atomic E-state index is 2.59. The number of benzene rings is 6. The Morgan fingerprint density at radius 3 is 2.07 bits per heavy atom. The van der Waals surface area contributed by atoms with Crippen LogP contribution in [0.3, 0.4) is 0 Å². The molecule has 1 nitrogen and oxygen atoms in total. The predicted molar refractivity (Wildman–Crippen MR) is 188 cm³/mol. The van der Waals surface area contributed by atoms with Gasteiger partial charge in [0.15, 0.2) is 0 Å². The Balaban J connectivity index is 1.24. The van der Waals surface area contributed by atoms with E-state index >= 15 is 0 Å². The van der Waals surface area contributed by atoms with Gasteiger partial charge in [-0.1, -0.05) is 117 Å². The van der Waals surface area contributed by atoms with E-state index < -0.39 is 0 Å². The van der Waals surface area contributed by atoms with Crippen molar-refractivity contribution in [3.63, 3.8) is 0 Å². The second-order valence-electron chi connectivity index (χ2n) is 14.6. The first kappa shape index (κ1) is 25.7. The topological polar surface area (TPSA) is 3.24 Å². The van der Waals surface area contributed by atoms with Crippen molar-refractivity contribution < 1.29 is 0 Å². The highest BCUT2D eigenvalue weighted by Gasteiger charge is 2.56. The molecule has 4 aliphatic carbocycles. The highest BCUT2D eigenvalue weighted by atomic mass is 15.1. The fraction of sp³-hybridized carbons (Fsp3) is 0.227. The third-order valence-corrected chi connectivity index (χ3v) is 12.1. The molecule has 0 aliphatic heterocycles. The van der Waals surface area contributed by atoms with E-state index in [9.17, 15) is 0 Å². The molecule has 3 atom stereocenters. The zero-order chi connectivity index (χ0) is 29.9. The van der Waals surface area contributed by atoms with Crippen LogP contribution in [0, 0.1) is 11.8 Å². The lowest BCUT2D eigenvalue weighted by molar-refractivity contribution is 0.327. The monoisotopic (exact) mass is 579 g/mol. The molecule has 3 unspecified atom stereocenters. The van der Waals surface area contributed by atoms with Gasteiger partial charge >= 0.3 is 0 Å². The maximum Gasteiger partial charge on any atom is 0.0543 e. The minimum absolute atomic E-state index is 0.0519. The van der Waals surface area contributed by atoms with Gasteiger partial charge in [0.2, 0.25) is 0 Å². The van der Waals surface area contributed by atoms with Crippen molar-refractivity contribution in [2.24, 2.45) is 11.8 Å². The van der Waals surface area contributed by atoms with E-state index in [-0.39, 0.29) is 10.8 Å². The lowest BCUT2D eigenvalue weighted by atomic mass is 9.67. The van der Waals surface area contributed by atoms with Gasteiger partial charge < -0.3 is 4.90 Å². The van der Waals surface area contributed by atoms with Gasteiger partial charge in [-0.25, -0.2) is 0 Å². The van der Waals surface area contributed by atoms with Crippen LogP contribution in [0.15, 0.2) is 127 Å². The summed E-state index contributed by atoms with van der Waals surface area (Å²) in [6, 6.07) is 48.5. The molecular weight excluding hydrogens is 542 g/mol. The Hall–Kier alpha value is -4.62. The van der Waals surface area contributed by atoms with Crippen molar-refractivity contribution in [1.82, 2.24) is 0 Å². The van der Waals surface area contributed by atoms with E-state index in [1.165, 1.54) is 86.9 Å². The lowest BCUT2D eigenvalue weighted by Gasteiger charge is -2.37. The van der Waals surface area contributed by atoms with E-state index in [1.807, 2.05) is 0 Å². The van der Waals surface area contributed by atoms with E-state index in [1.54, 1.807) is 11.1 Å². The molecule has 6 aromatic carbocycles. The normalized spacial score (nSPS) is 22.8. The van der Waals surface area contributed by atoms with Crippen LogP contribution >= 0.6 is 0 Å². The summed E-state index contributed by atoms with van der Waals surface area (Å²) in [4.78, 5) is 2.56. The Morgan fingerprint density at radius 1 is 0.556 bits per heavy atom. The molecule has 6 aromatic rings. The molecule has 45 heavy (non-hydrogen) atoms. The van der Waals surface area contributed by atoms with E-state index in [4.69, 9.17) is 0 Å². The van der Waals surface area contributed by atoms with Gasteiger partial charge in [0, 0.05) is 27.8 Å². The summed E-state index contributed by atoms with van der Waals surface area (Å²) in [5, 5.41) is 2.54. The fourth-order valence-electron chi connectivity index (χ4n) is 10.2. The minimum atomic E-state index is -0.0519. The van der Waals surface area contributed by atoms with Gasteiger partial charge in [0.25, 0.3) is 0 Å². The molecule has 0 amide bonds. The first-order chi connectivity index (χ1) is 22.0. The quantitative estimate of drug-likeness (QED) is 0.202. The zero-order valence-corrected chi connectivity index (χ0v) is 26.1. The summed E-state index contributed by atoms with van der Waals surface area (Å²) < 4.78 is 0. The van der Waals surface area contributed by atoms with E-state index in [2.05, 4.69) is 146 Å². The summed E-state index contributed by atoms with van der Waals surface area (Å²) in [6.07, 6.45) is 5.43. The molecule has 0 saturated heterocycles. The van der Waals surface area contributed by atoms with Crippen LogP contribution in [0.1, 0.15) is 61.8 Å². The standard InChI is InChI=1S/C44H37N/c1-43(2)37-14-7-6-13-36(37)42-39(43)16-9-17-41(42)45(32-21-19-29-10-3-4-11-30(29)25-32)33-22-23-35-34-12-5-8-15-38(34)44(40(35)26-33)27-28-18-20-31(44)24-28/h3-17,19,21-23,25-26,28,31H,18,20,24,27H2,1-2H3. The molecule has 0 radical (unpaired) electrons. The van der Waals surface area contributed by atoms with Gasteiger partial charge in [-0.05, 0) is 111 Å². The highest BCUT2D eigenvalue weighted by molar-refractivity contribution is 5.97. The van der Waals surface area contributed by atoms with Crippen molar-refractivity contribution in [2.75, 3.05) is 4.90 Å². The number of anilines is 3. The maximum atomic E-state index is 2.59. The Morgan fingerprint density at radius 2 is 1.24 bits per heavy atom. The first-order valence-corrected chi connectivity index (χ1v) is 16.8.